The van der Waals surface area contributed by atoms with Gasteiger partial charge in [0, 0.05) is 28.5 Å². The van der Waals surface area contributed by atoms with Crippen LogP contribution in [0, 0.1) is 18.3 Å². The van der Waals surface area contributed by atoms with Gasteiger partial charge in [-0.15, -0.1) is 0 Å². The van der Waals surface area contributed by atoms with Gasteiger partial charge in [0.1, 0.15) is 18.2 Å². The van der Waals surface area contributed by atoms with E-state index in [1.165, 1.54) is 11.1 Å². The average Bonchev–Trinajstić information content (AvgIpc) is 3.31. The van der Waals surface area contributed by atoms with E-state index in [0.717, 1.165) is 55.4 Å². The number of furan rings is 1. The summed E-state index contributed by atoms with van der Waals surface area (Å²) in [7, 11) is 2.05. The maximum absolute atomic E-state index is 10.1. The van der Waals surface area contributed by atoms with Gasteiger partial charge in [-0.25, -0.2) is 4.57 Å². The molecule has 2 heterocycles. The fraction of sp³-hybridized carbons (Fsp3) is 0.167. The molecule has 0 aliphatic heterocycles. The number of hydrogen-bond donors (Lipinski definition) is 0. The zero-order chi connectivity index (χ0) is 27.3. The quantitative estimate of drug-likeness (QED) is 0.224. The van der Waals surface area contributed by atoms with Crippen molar-refractivity contribution >= 4 is 21.9 Å². The van der Waals surface area contributed by atoms with Gasteiger partial charge >= 0.3 is 0 Å². The first-order valence-corrected chi connectivity index (χ1v) is 13.3. The Morgan fingerprint density at radius 2 is 1.41 bits per heavy atom. The van der Waals surface area contributed by atoms with Crippen LogP contribution in [-0.2, 0) is 12.5 Å². The highest BCUT2D eigenvalue weighted by Crippen LogP contribution is 2.42. The molecule has 3 nitrogen and oxygen atoms in total. The van der Waals surface area contributed by atoms with Gasteiger partial charge in [0.2, 0.25) is 5.69 Å². The van der Waals surface area contributed by atoms with E-state index < -0.39 is 0 Å². The van der Waals surface area contributed by atoms with E-state index in [9.17, 15) is 5.26 Å². The molecule has 39 heavy (non-hydrogen) atoms. The largest absolute Gasteiger partial charge is 0.454 e. The molecule has 6 aromatic rings. The Labute approximate surface area is 229 Å². The number of fused-ring (bicyclic) bond motifs is 3. The van der Waals surface area contributed by atoms with E-state index in [1.54, 1.807) is 0 Å². The molecule has 0 saturated heterocycles. The first-order chi connectivity index (χ1) is 18.8. The summed E-state index contributed by atoms with van der Waals surface area (Å²) < 4.78 is 8.82. The molecule has 0 aliphatic rings. The highest BCUT2D eigenvalue weighted by molar-refractivity contribution is 6.14. The van der Waals surface area contributed by atoms with Crippen molar-refractivity contribution in [1.29, 1.82) is 5.26 Å². The van der Waals surface area contributed by atoms with Gasteiger partial charge in [0.25, 0.3) is 0 Å². The maximum Gasteiger partial charge on any atom is 0.216 e. The lowest BCUT2D eigenvalue weighted by molar-refractivity contribution is -0.660. The molecule has 6 rings (SSSR count). The molecule has 0 N–H and O–H groups in total. The van der Waals surface area contributed by atoms with Crippen LogP contribution in [-0.4, -0.2) is 0 Å². The van der Waals surface area contributed by atoms with Crippen molar-refractivity contribution < 1.29 is 8.98 Å². The van der Waals surface area contributed by atoms with Gasteiger partial charge in [0.05, 0.1) is 17.2 Å². The maximum atomic E-state index is 10.1. The summed E-state index contributed by atoms with van der Waals surface area (Å²) in [4.78, 5) is 0. The standard InChI is InChI=1S/C36H31N2O/c1-23-12-18-29-30-19-17-27(22-37)33(35(30)39-34(29)32(23)31-11-6-7-20-38(31)5)25-15-13-24(14-16-25)26-9-8-10-28(21-26)36(2,3)4/h6-21H,1-5H3/q+1. The van der Waals surface area contributed by atoms with E-state index in [2.05, 4.69) is 105 Å². The highest BCUT2D eigenvalue weighted by Gasteiger charge is 2.23. The fourth-order valence-electron chi connectivity index (χ4n) is 5.48. The van der Waals surface area contributed by atoms with Crippen molar-refractivity contribution in [3.63, 3.8) is 0 Å². The second-order valence-electron chi connectivity index (χ2n) is 11.3. The topological polar surface area (TPSA) is 40.8 Å². The molecule has 190 valence electrons. The first-order valence-electron chi connectivity index (χ1n) is 13.3. The van der Waals surface area contributed by atoms with E-state index in [4.69, 9.17) is 4.42 Å². The minimum atomic E-state index is 0.0859. The fourth-order valence-corrected chi connectivity index (χ4v) is 5.48. The molecule has 0 amide bonds. The predicted octanol–water partition coefficient (Wildman–Crippen LogP) is 8.89. The Morgan fingerprint density at radius 3 is 2.10 bits per heavy atom. The summed E-state index contributed by atoms with van der Waals surface area (Å²) >= 11 is 0. The van der Waals surface area contributed by atoms with Crippen LogP contribution >= 0.6 is 0 Å². The monoisotopic (exact) mass is 507 g/mol. The van der Waals surface area contributed by atoms with Crippen LogP contribution in [0.15, 0.2) is 102 Å². The van der Waals surface area contributed by atoms with E-state index in [-0.39, 0.29) is 5.41 Å². The number of pyridine rings is 1. The van der Waals surface area contributed by atoms with Crippen LogP contribution in [0.3, 0.4) is 0 Å². The van der Waals surface area contributed by atoms with Crippen LogP contribution in [0.2, 0.25) is 0 Å². The Kier molecular flexibility index (Phi) is 5.85. The Hall–Kier alpha value is -4.68. The lowest BCUT2D eigenvalue weighted by Crippen LogP contribution is -2.30. The van der Waals surface area contributed by atoms with Crippen LogP contribution in [0.1, 0.15) is 37.5 Å². The van der Waals surface area contributed by atoms with Gasteiger partial charge in [-0.05, 0) is 58.4 Å². The van der Waals surface area contributed by atoms with Gasteiger partial charge in [-0.1, -0.05) is 81.4 Å². The Balaban J connectivity index is 1.54. The number of aryl methyl sites for hydroxylation is 2. The molecule has 4 aromatic carbocycles. The number of benzene rings is 4. The average molecular weight is 508 g/mol. The normalized spacial score (nSPS) is 11.7. The van der Waals surface area contributed by atoms with Gasteiger partial charge < -0.3 is 4.42 Å². The number of hydrogen-bond acceptors (Lipinski definition) is 2. The van der Waals surface area contributed by atoms with Crippen molar-refractivity contribution in [1.82, 2.24) is 0 Å². The van der Waals surface area contributed by atoms with E-state index in [0.29, 0.717) is 5.56 Å². The second kappa shape index (κ2) is 9.26. The molecule has 0 fully saturated rings. The molecule has 0 aliphatic carbocycles. The van der Waals surface area contributed by atoms with Crippen molar-refractivity contribution in [2.24, 2.45) is 7.05 Å². The molecular formula is C36H31N2O+. The molecule has 3 heteroatoms. The molecule has 0 radical (unpaired) electrons. The molecule has 2 aromatic heterocycles. The molecule has 0 spiro atoms. The van der Waals surface area contributed by atoms with Crippen molar-refractivity contribution in [2.75, 3.05) is 0 Å². The van der Waals surface area contributed by atoms with Crippen LogP contribution < -0.4 is 4.57 Å². The lowest BCUT2D eigenvalue weighted by Gasteiger charge is -2.20. The smallest absolute Gasteiger partial charge is 0.216 e. The summed E-state index contributed by atoms with van der Waals surface area (Å²) in [6.07, 6.45) is 2.05. The SMILES string of the molecule is Cc1ccc2c(oc3c(-c4ccc(-c5cccc(C(C)(C)C)c5)cc4)c(C#N)ccc32)c1-c1cccc[n+]1C. The van der Waals surface area contributed by atoms with Crippen molar-refractivity contribution in [3.05, 3.63) is 114 Å². The van der Waals surface area contributed by atoms with Gasteiger partial charge in [0.15, 0.2) is 6.20 Å². The van der Waals surface area contributed by atoms with Gasteiger partial charge in [-0.3, -0.25) is 0 Å². The Morgan fingerprint density at radius 1 is 0.718 bits per heavy atom. The Bertz CT molecular complexity index is 1910. The first kappa shape index (κ1) is 24.6. The molecule has 0 unspecified atom stereocenters. The zero-order valence-corrected chi connectivity index (χ0v) is 23.0. The van der Waals surface area contributed by atoms with E-state index >= 15 is 0 Å². The van der Waals surface area contributed by atoms with Crippen LogP contribution in [0.4, 0.5) is 0 Å². The minimum absolute atomic E-state index is 0.0859. The molecular weight excluding hydrogens is 476 g/mol. The molecule has 0 bridgehead atoms. The van der Waals surface area contributed by atoms with Crippen LogP contribution in [0.5, 0.6) is 0 Å². The van der Waals surface area contributed by atoms with Crippen molar-refractivity contribution in [3.8, 4) is 39.6 Å². The van der Waals surface area contributed by atoms with Crippen LogP contribution in [0.25, 0.3) is 55.4 Å². The molecule has 0 atom stereocenters. The van der Waals surface area contributed by atoms with Crippen molar-refractivity contribution in [2.45, 2.75) is 33.1 Å². The minimum Gasteiger partial charge on any atom is -0.454 e. The number of aromatic nitrogens is 1. The lowest BCUT2D eigenvalue weighted by atomic mass is 9.85. The summed E-state index contributed by atoms with van der Waals surface area (Å²) in [5, 5.41) is 12.1. The second-order valence-corrected chi connectivity index (χ2v) is 11.3. The number of rotatable bonds is 3. The van der Waals surface area contributed by atoms with E-state index in [1.807, 2.05) is 37.5 Å². The third-order valence-electron chi connectivity index (χ3n) is 7.68. The summed E-state index contributed by atoms with van der Waals surface area (Å²) in [6, 6.07) is 34.0. The predicted molar refractivity (Wildman–Crippen MR) is 159 cm³/mol. The van der Waals surface area contributed by atoms with Gasteiger partial charge in [-0.2, -0.15) is 5.26 Å². The molecule has 0 saturated carbocycles. The number of nitriles is 1. The third kappa shape index (κ3) is 4.19. The zero-order valence-electron chi connectivity index (χ0n) is 23.0. The number of nitrogens with zero attached hydrogens (tertiary/aromatic N) is 2. The summed E-state index contributed by atoms with van der Waals surface area (Å²) in [6.45, 7) is 8.82. The summed E-state index contributed by atoms with van der Waals surface area (Å²) in [5.74, 6) is 0. The third-order valence-corrected chi connectivity index (χ3v) is 7.68. The highest BCUT2D eigenvalue weighted by atomic mass is 16.3. The summed E-state index contributed by atoms with van der Waals surface area (Å²) in [5.41, 5.74) is 11.0.